The van der Waals surface area contributed by atoms with E-state index < -0.39 is 0 Å². The van der Waals surface area contributed by atoms with E-state index in [-0.39, 0.29) is 38.5 Å². The fraction of sp³-hybridized carbons (Fsp3) is 0.278. The average molecular weight is 840 g/mol. The zero-order chi connectivity index (χ0) is 41.8. The van der Waals surface area contributed by atoms with Crippen molar-refractivity contribution in [3.63, 3.8) is 0 Å². The fourth-order valence-electron chi connectivity index (χ4n) is 5.31. The van der Waals surface area contributed by atoms with E-state index in [4.69, 9.17) is 50.0 Å². The molecule has 0 spiro atoms. The summed E-state index contributed by atoms with van der Waals surface area (Å²) in [7, 11) is 9.76. The first-order valence-electron chi connectivity index (χ1n) is 17.1. The SMILES string of the molecule is CCc1nn(C)nc1-c1cccc(N)c1OC.CCc1nn(C)nc1-c1cccc(Nc2cc(Cl)nnc2C(=O)NC)c1OC.CNC(=O)c1nnc(Cl)cc1Cl. The van der Waals surface area contributed by atoms with Gasteiger partial charge in [0.15, 0.2) is 33.2 Å². The molecule has 57 heavy (non-hydrogen) atoms. The summed E-state index contributed by atoms with van der Waals surface area (Å²) in [4.78, 5) is 26.2. The number of halogens is 3. The van der Waals surface area contributed by atoms with Crippen molar-refractivity contribution in [2.45, 2.75) is 26.7 Å². The standard InChI is InChI=1S/C18H20ClN7O2.C12H16N4O.C6H5Cl2N3O/c1-5-11-15(25-26(3)24-11)10-7-6-8-12(17(10)28-4)21-13-9-14(19)22-23-16(13)18(27)20-2;1-4-10-11(15-16(2)14-10)8-6-5-7-9(13)12(8)17-3;1-9-6(12)5-3(7)2-4(8)10-11-5/h6-9H,5H2,1-4H3,(H,20,27)(H,21,22);5-7H,4,13H2,1-3H3;2H,1H3,(H,9,12). The Bertz CT molecular complexity index is 2350. The molecule has 0 saturated carbocycles. The number of amides is 2. The van der Waals surface area contributed by atoms with E-state index in [1.807, 2.05) is 50.2 Å². The summed E-state index contributed by atoms with van der Waals surface area (Å²) in [6, 6.07) is 14.1. The molecular formula is C36H41Cl3N14O4. The van der Waals surface area contributed by atoms with Gasteiger partial charge in [0.05, 0.1) is 47.7 Å². The second kappa shape index (κ2) is 20.2. The van der Waals surface area contributed by atoms with Crippen LogP contribution in [0, 0.1) is 0 Å². The van der Waals surface area contributed by atoms with Crippen LogP contribution in [0.15, 0.2) is 48.5 Å². The molecule has 2 aromatic carbocycles. The third-order valence-electron chi connectivity index (χ3n) is 7.85. The normalized spacial score (nSPS) is 10.4. The van der Waals surface area contributed by atoms with Crippen molar-refractivity contribution in [1.29, 1.82) is 0 Å². The minimum absolute atomic E-state index is 0.0727. The van der Waals surface area contributed by atoms with E-state index in [0.717, 1.165) is 46.7 Å². The third-order valence-corrected chi connectivity index (χ3v) is 8.51. The van der Waals surface area contributed by atoms with Crippen LogP contribution in [0.4, 0.5) is 17.1 Å². The monoisotopic (exact) mass is 838 g/mol. The molecule has 0 radical (unpaired) electrons. The van der Waals surface area contributed by atoms with Gasteiger partial charge in [-0.2, -0.15) is 30.0 Å². The third kappa shape index (κ3) is 10.6. The Hall–Kier alpha value is -6.11. The van der Waals surface area contributed by atoms with Crippen molar-refractivity contribution in [2.75, 3.05) is 39.4 Å². The smallest absolute Gasteiger partial charge is 0.273 e. The zero-order valence-corrected chi connectivity index (χ0v) is 34.6. The van der Waals surface area contributed by atoms with E-state index >= 15 is 0 Å². The van der Waals surface area contributed by atoms with Crippen LogP contribution in [0.5, 0.6) is 11.5 Å². The highest BCUT2D eigenvalue weighted by Gasteiger charge is 2.21. The molecule has 0 bridgehead atoms. The summed E-state index contributed by atoms with van der Waals surface area (Å²) in [6.45, 7) is 4.06. The summed E-state index contributed by atoms with van der Waals surface area (Å²) in [6.07, 6.45) is 1.55. The van der Waals surface area contributed by atoms with Gasteiger partial charge in [0.1, 0.15) is 11.4 Å². The second-order valence-electron chi connectivity index (χ2n) is 11.6. The number of rotatable bonds is 10. The maximum absolute atomic E-state index is 12.1. The van der Waals surface area contributed by atoms with Gasteiger partial charge in [0, 0.05) is 45.4 Å². The van der Waals surface area contributed by atoms with Crippen LogP contribution in [-0.2, 0) is 26.9 Å². The van der Waals surface area contributed by atoms with Gasteiger partial charge >= 0.3 is 0 Å². The largest absolute Gasteiger partial charge is 0.494 e. The number of ether oxygens (including phenoxy) is 2. The number of anilines is 3. The molecule has 4 heterocycles. The average Bonchev–Trinajstić information content (AvgIpc) is 3.78. The van der Waals surface area contributed by atoms with Crippen molar-refractivity contribution in [2.24, 2.45) is 14.1 Å². The Balaban J connectivity index is 0.000000210. The van der Waals surface area contributed by atoms with Crippen LogP contribution in [0.25, 0.3) is 22.5 Å². The van der Waals surface area contributed by atoms with Gasteiger partial charge in [-0.15, -0.1) is 20.4 Å². The number of methoxy groups -OCH3 is 2. The molecule has 21 heteroatoms. The minimum Gasteiger partial charge on any atom is -0.494 e. The summed E-state index contributed by atoms with van der Waals surface area (Å²) in [5.41, 5.74) is 12.8. The molecule has 5 N–H and O–H groups in total. The number of nitrogens with zero attached hydrogens (tertiary/aromatic N) is 10. The maximum atomic E-state index is 12.1. The number of hydrogen-bond acceptors (Lipinski definition) is 14. The van der Waals surface area contributed by atoms with Crippen molar-refractivity contribution in [3.05, 3.63) is 86.6 Å². The molecule has 0 unspecified atom stereocenters. The highest BCUT2D eigenvalue weighted by molar-refractivity contribution is 6.35. The van der Waals surface area contributed by atoms with Gasteiger partial charge < -0.3 is 31.2 Å². The van der Waals surface area contributed by atoms with Gasteiger partial charge in [-0.1, -0.05) is 60.8 Å². The first-order chi connectivity index (χ1) is 27.3. The molecule has 0 saturated heterocycles. The number of para-hydroxylation sites is 2. The van der Waals surface area contributed by atoms with Crippen LogP contribution < -0.4 is 31.2 Å². The number of nitrogens with one attached hydrogen (secondary N) is 3. The van der Waals surface area contributed by atoms with Gasteiger partial charge in [-0.25, -0.2) is 0 Å². The van der Waals surface area contributed by atoms with Gasteiger partial charge in [-0.3, -0.25) is 9.59 Å². The highest BCUT2D eigenvalue weighted by atomic mass is 35.5. The number of aryl methyl sites for hydroxylation is 4. The molecular weight excluding hydrogens is 799 g/mol. The van der Waals surface area contributed by atoms with E-state index in [1.54, 1.807) is 33.1 Å². The molecule has 2 amide bonds. The van der Waals surface area contributed by atoms with Crippen molar-refractivity contribution >= 4 is 63.7 Å². The lowest BCUT2D eigenvalue weighted by Crippen LogP contribution is -2.21. The van der Waals surface area contributed by atoms with Crippen LogP contribution in [0.2, 0.25) is 15.3 Å². The number of nitrogen functional groups attached to an aromatic ring is 1. The summed E-state index contributed by atoms with van der Waals surface area (Å²) >= 11 is 17.1. The zero-order valence-electron chi connectivity index (χ0n) is 32.3. The summed E-state index contributed by atoms with van der Waals surface area (Å²) < 4.78 is 11.0. The molecule has 0 atom stereocenters. The number of nitrogens with two attached hydrogens (primary N) is 1. The lowest BCUT2D eigenvalue weighted by molar-refractivity contribution is 0.0949. The predicted octanol–water partition coefficient (Wildman–Crippen LogP) is 5.38. The molecule has 0 fully saturated rings. The Kier molecular flexibility index (Phi) is 15.4. The van der Waals surface area contributed by atoms with Crippen molar-refractivity contribution in [3.8, 4) is 34.0 Å². The molecule has 6 rings (SSSR count). The minimum atomic E-state index is -0.385. The fourth-order valence-corrected chi connectivity index (χ4v) is 5.89. The Labute approximate surface area is 343 Å². The number of hydrogen-bond donors (Lipinski definition) is 4. The van der Waals surface area contributed by atoms with Crippen LogP contribution in [0.3, 0.4) is 0 Å². The molecule has 0 aliphatic rings. The van der Waals surface area contributed by atoms with Crippen LogP contribution >= 0.6 is 34.8 Å². The molecule has 18 nitrogen and oxygen atoms in total. The summed E-state index contributed by atoms with van der Waals surface area (Å²) in [5.74, 6) is 0.448. The predicted molar refractivity (Wildman–Crippen MR) is 218 cm³/mol. The highest BCUT2D eigenvalue weighted by Crippen LogP contribution is 2.39. The number of carbonyl (C=O) groups is 2. The summed E-state index contributed by atoms with van der Waals surface area (Å²) in [5, 5.41) is 40.8. The lowest BCUT2D eigenvalue weighted by Gasteiger charge is -2.16. The van der Waals surface area contributed by atoms with Crippen molar-refractivity contribution in [1.82, 2.24) is 61.0 Å². The molecule has 4 aromatic heterocycles. The Morgan fingerprint density at radius 1 is 0.684 bits per heavy atom. The number of carbonyl (C=O) groups excluding carboxylic acids is 2. The molecule has 6 aromatic rings. The van der Waals surface area contributed by atoms with E-state index in [2.05, 4.69) is 56.7 Å². The topological polar surface area (TPSA) is 228 Å². The molecule has 0 aliphatic heterocycles. The lowest BCUT2D eigenvalue weighted by atomic mass is 10.1. The van der Waals surface area contributed by atoms with E-state index in [0.29, 0.717) is 28.6 Å². The Morgan fingerprint density at radius 2 is 1.18 bits per heavy atom. The van der Waals surface area contributed by atoms with E-state index in [1.165, 1.54) is 31.0 Å². The first kappa shape index (κ1) is 43.6. The van der Waals surface area contributed by atoms with Gasteiger partial charge in [0.25, 0.3) is 11.8 Å². The second-order valence-corrected chi connectivity index (χ2v) is 12.7. The quantitative estimate of drug-likeness (QED) is 0.127. The van der Waals surface area contributed by atoms with Gasteiger partial charge in [0.2, 0.25) is 0 Å². The number of aromatic nitrogens is 10. The van der Waals surface area contributed by atoms with Crippen molar-refractivity contribution < 1.29 is 19.1 Å². The van der Waals surface area contributed by atoms with Crippen LogP contribution in [-0.4, -0.2) is 90.5 Å². The van der Waals surface area contributed by atoms with Crippen LogP contribution in [0.1, 0.15) is 46.2 Å². The van der Waals surface area contributed by atoms with E-state index in [9.17, 15) is 9.59 Å². The van der Waals surface area contributed by atoms with Gasteiger partial charge in [-0.05, 0) is 43.2 Å². The molecule has 0 aliphatic carbocycles. The first-order valence-corrected chi connectivity index (χ1v) is 18.3. The maximum Gasteiger partial charge on any atom is 0.273 e. The Morgan fingerprint density at radius 3 is 1.68 bits per heavy atom. The molecule has 300 valence electrons. The number of benzene rings is 2.